The molecule has 0 aromatic carbocycles. The fourth-order valence-corrected chi connectivity index (χ4v) is 2.61. The van der Waals surface area contributed by atoms with Crippen LogP contribution in [-0.4, -0.2) is 62.0 Å². The highest BCUT2D eigenvalue weighted by Crippen LogP contribution is 2.21. The fourth-order valence-electron chi connectivity index (χ4n) is 2.61. The quantitative estimate of drug-likeness (QED) is 0.491. The lowest BCUT2D eigenvalue weighted by molar-refractivity contribution is 0.0522. The number of carbonyl (C=O) groups excluding carboxylic acids is 2. The monoisotopic (exact) mass is 357 g/mol. The summed E-state index contributed by atoms with van der Waals surface area (Å²) in [5.74, 6) is -1.01. The van der Waals surface area contributed by atoms with Crippen molar-refractivity contribution in [3.63, 3.8) is 0 Å². The van der Waals surface area contributed by atoms with Crippen LogP contribution in [0.1, 0.15) is 27.8 Å². The molecule has 3 heterocycles. The maximum absolute atomic E-state index is 13.2. The minimum Gasteiger partial charge on any atom is -0.462 e. The Bertz CT molecular complexity index is 960. The van der Waals surface area contributed by atoms with Crippen molar-refractivity contribution >= 4 is 23.2 Å². The summed E-state index contributed by atoms with van der Waals surface area (Å²) in [7, 11) is 5.05. The standard InChI is InChI=1S/C16H19N7O3/c1-5-26-16(25)12-8-18-21(4)14(12)15(24)23(20(2)3)11-6-7-13-17-10-19-22(13)9-11/h6-10H,5H2,1-4H3. The summed E-state index contributed by atoms with van der Waals surface area (Å²) in [6.07, 6.45) is 4.45. The molecule has 0 fully saturated rings. The largest absolute Gasteiger partial charge is 0.462 e. The molecule has 1 amide bonds. The van der Waals surface area contributed by atoms with Crippen molar-refractivity contribution in [1.82, 2.24) is 29.4 Å². The van der Waals surface area contributed by atoms with Crippen molar-refractivity contribution in [2.75, 3.05) is 25.7 Å². The molecule has 10 nitrogen and oxygen atoms in total. The predicted molar refractivity (Wildman–Crippen MR) is 92.6 cm³/mol. The Morgan fingerprint density at radius 3 is 2.69 bits per heavy atom. The molecule has 0 aliphatic carbocycles. The van der Waals surface area contributed by atoms with Crippen molar-refractivity contribution in [2.45, 2.75) is 6.92 Å². The van der Waals surface area contributed by atoms with E-state index in [2.05, 4.69) is 15.2 Å². The molecule has 3 rings (SSSR count). The molecule has 26 heavy (non-hydrogen) atoms. The first-order valence-corrected chi connectivity index (χ1v) is 7.94. The van der Waals surface area contributed by atoms with E-state index in [4.69, 9.17) is 4.74 Å². The minimum atomic E-state index is -0.589. The van der Waals surface area contributed by atoms with Crippen molar-refractivity contribution in [2.24, 2.45) is 7.05 Å². The van der Waals surface area contributed by atoms with E-state index in [0.29, 0.717) is 11.3 Å². The zero-order valence-electron chi connectivity index (χ0n) is 14.9. The lowest BCUT2D eigenvalue weighted by Gasteiger charge is -2.29. The van der Waals surface area contributed by atoms with Gasteiger partial charge in [-0.1, -0.05) is 0 Å². The Labute approximate surface area is 149 Å². The SMILES string of the molecule is CCOC(=O)c1cnn(C)c1C(=O)N(c1ccc2ncnn2c1)N(C)C. The highest BCUT2D eigenvalue weighted by atomic mass is 16.5. The molecule has 0 spiro atoms. The molecular weight excluding hydrogens is 338 g/mol. The minimum absolute atomic E-state index is 0.119. The number of rotatable bonds is 5. The highest BCUT2D eigenvalue weighted by Gasteiger charge is 2.29. The van der Waals surface area contributed by atoms with Gasteiger partial charge in [-0.2, -0.15) is 10.2 Å². The Morgan fingerprint density at radius 2 is 2.00 bits per heavy atom. The van der Waals surface area contributed by atoms with Gasteiger partial charge in [-0.25, -0.2) is 24.3 Å². The summed E-state index contributed by atoms with van der Waals surface area (Å²) in [5, 5.41) is 11.2. The topological polar surface area (TPSA) is 97.9 Å². The predicted octanol–water partition coefficient (Wildman–Crippen LogP) is 0.763. The summed E-state index contributed by atoms with van der Waals surface area (Å²) in [4.78, 5) is 29.5. The fraction of sp³-hybridized carbons (Fsp3) is 0.312. The third-order valence-corrected chi connectivity index (χ3v) is 3.73. The van der Waals surface area contributed by atoms with Crippen LogP contribution in [-0.2, 0) is 11.8 Å². The first-order chi connectivity index (χ1) is 12.4. The molecule has 0 atom stereocenters. The number of hydrazine groups is 1. The van der Waals surface area contributed by atoms with E-state index >= 15 is 0 Å². The lowest BCUT2D eigenvalue weighted by Crippen LogP contribution is -2.43. The maximum Gasteiger partial charge on any atom is 0.342 e. The second kappa shape index (κ2) is 6.92. The van der Waals surface area contributed by atoms with Crippen LogP contribution in [0, 0.1) is 0 Å². The van der Waals surface area contributed by atoms with Gasteiger partial charge in [-0.05, 0) is 19.1 Å². The first kappa shape index (κ1) is 17.5. The smallest absolute Gasteiger partial charge is 0.342 e. The highest BCUT2D eigenvalue weighted by molar-refractivity contribution is 6.10. The molecule has 0 N–H and O–H groups in total. The van der Waals surface area contributed by atoms with Gasteiger partial charge in [0.15, 0.2) is 5.65 Å². The number of hydrogen-bond acceptors (Lipinski definition) is 7. The van der Waals surface area contributed by atoms with E-state index in [1.165, 1.54) is 22.2 Å². The zero-order valence-corrected chi connectivity index (χ0v) is 14.9. The molecule has 3 aromatic rings. The van der Waals surface area contributed by atoms with Crippen LogP contribution in [0.3, 0.4) is 0 Å². The molecular formula is C16H19N7O3. The number of aromatic nitrogens is 5. The van der Waals surface area contributed by atoms with Crippen LogP contribution < -0.4 is 5.01 Å². The Kier molecular flexibility index (Phi) is 4.67. The average molecular weight is 357 g/mol. The molecule has 0 radical (unpaired) electrons. The van der Waals surface area contributed by atoms with Gasteiger partial charge in [0.2, 0.25) is 0 Å². The molecule has 0 aliphatic heterocycles. The molecule has 0 aliphatic rings. The number of fused-ring (bicyclic) bond motifs is 1. The Hall–Kier alpha value is -3.27. The van der Waals surface area contributed by atoms with Crippen LogP contribution >= 0.6 is 0 Å². The Balaban J connectivity index is 2.05. The first-order valence-electron chi connectivity index (χ1n) is 7.94. The van der Waals surface area contributed by atoms with Gasteiger partial charge in [0, 0.05) is 21.1 Å². The molecule has 0 unspecified atom stereocenters. The van der Waals surface area contributed by atoms with Gasteiger partial charge in [0.1, 0.15) is 17.6 Å². The summed E-state index contributed by atoms with van der Waals surface area (Å²) in [6, 6.07) is 3.50. The van der Waals surface area contributed by atoms with Crippen molar-refractivity contribution < 1.29 is 14.3 Å². The number of hydrogen-bond donors (Lipinski definition) is 0. The van der Waals surface area contributed by atoms with Gasteiger partial charge < -0.3 is 4.74 Å². The van der Waals surface area contributed by atoms with Crippen LogP contribution in [0.25, 0.3) is 5.65 Å². The van der Waals surface area contributed by atoms with Crippen molar-refractivity contribution in [3.8, 4) is 0 Å². The number of carbonyl (C=O) groups is 2. The van der Waals surface area contributed by atoms with Crippen molar-refractivity contribution in [1.29, 1.82) is 0 Å². The average Bonchev–Trinajstić information content (AvgIpc) is 3.20. The van der Waals surface area contributed by atoms with Crippen LogP contribution in [0.2, 0.25) is 0 Å². The van der Waals surface area contributed by atoms with E-state index in [9.17, 15) is 9.59 Å². The van der Waals surface area contributed by atoms with E-state index < -0.39 is 11.9 Å². The van der Waals surface area contributed by atoms with Crippen LogP contribution in [0.15, 0.2) is 30.9 Å². The summed E-state index contributed by atoms with van der Waals surface area (Å²) in [5.41, 5.74) is 1.48. The summed E-state index contributed by atoms with van der Waals surface area (Å²) < 4.78 is 7.95. The second-order valence-corrected chi connectivity index (χ2v) is 5.67. The maximum atomic E-state index is 13.2. The lowest BCUT2D eigenvalue weighted by atomic mass is 10.2. The summed E-state index contributed by atoms with van der Waals surface area (Å²) >= 11 is 0. The van der Waals surface area contributed by atoms with Crippen LogP contribution in [0.4, 0.5) is 5.69 Å². The third-order valence-electron chi connectivity index (χ3n) is 3.73. The number of pyridine rings is 1. The Morgan fingerprint density at radius 1 is 1.23 bits per heavy atom. The van der Waals surface area contributed by atoms with Gasteiger partial charge in [0.05, 0.1) is 24.7 Å². The van der Waals surface area contributed by atoms with Gasteiger partial charge >= 0.3 is 5.97 Å². The second-order valence-electron chi connectivity index (χ2n) is 5.67. The molecule has 3 aromatic heterocycles. The van der Waals surface area contributed by atoms with E-state index in [1.807, 2.05) is 0 Å². The normalized spacial score (nSPS) is 11.1. The van der Waals surface area contributed by atoms with Crippen LogP contribution in [0.5, 0.6) is 0 Å². The molecule has 136 valence electrons. The molecule has 10 heteroatoms. The van der Waals surface area contributed by atoms with Gasteiger partial charge in [0.25, 0.3) is 5.91 Å². The molecule has 0 saturated heterocycles. The van der Waals surface area contributed by atoms with Crippen molar-refractivity contribution in [3.05, 3.63) is 42.1 Å². The van der Waals surface area contributed by atoms with E-state index in [1.54, 1.807) is 55.9 Å². The zero-order chi connectivity index (χ0) is 18.8. The molecule has 0 bridgehead atoms. The number of esters is 1. The number of nitrogens with zero attached hydrogens (tertiary/aromatic N) is 7. The number of aryl methyl sites for hydroxylation is 1. The number of anilines is 1. The molecule has 0 saturated carbocycles. The van der Waals surface area contributed by atoms with Gasteiger partial charge in [-0.3, -0.25) is 9.48 Å². The number of ether oxygens (including phenoxy) is 1. The number of amides is 1. The van der Waals surface area contributed by atoms with E-state index in [0.717, 1.165) is 0 Å². The van der Waals surface area contributed by atoms with E-state index in [-0.39, 0.29) is 17.9 Å². The summed E-state index contributed by atoms with van der Waals surface area (Å²) in [6.45, 7) is 1.91. The third kappa shape index (κ3) is 3.02. The van der Waals surface area contributed by atoms with Gasteiger partial charge in [-0.15, -0.1) is 0 Å².